The van der Waals surface area contributed by atoms with Gasteiger partial charge >= 0.3 is 0 Å². The first-order valence-electron chi connectivity index (χ1n) is 6.74. The van der Waals surface area contributed by atoms with Crippen LogP contribution in [0.15, 0.2) is 0 Å². The molecule has 0 spiro atoms. The minimum Gasteiger partial charge on any atom is -0.356 e. The smallest absolute Gasteiger partial charge is 0.221 e. The summed E-state index contributed by atoms with van der Waals surface area (Å²) in [6, 6.07) is 0.597. The lowest BCUT2D eigenvalue weighted by atomic mass is 10.1. The fourth-order valence-corrected chi connectivity index (χ4v) is 1.82. The van der Waals surface area contributed by atoms with Crippen LogP contribution >= 0.6 is 0 Å². The van der Waals surface area contributed by atoms with Crippen LogP contribution in [0.2, 0.25) is 0 Å². The van der Waals surface area contributed by atoms with Gasteiger partial charge < -0.3 is 10.6 Å². The number of hydrogen-bond acceptors (Lipinski definition) is 2. The predicted molar refractivity (Wildman–Crippen MR) is 69.5 cm³/mol. The summed E-state index contributed by atoms with van der Waals surface area (Å²) in [6.07, 6.45) is 6.79. The Bertz CT molecular complexity index is 171. The van der Waals surface area contributed by atoms with E-state index in [0.717, 1.165) is 13.1 Å². The van der Waals surface area contributed by atoms with E-state index in [2.05, 4.69) is 24.5 Å². The normalized spacial score (nSPS) is 12.4. The zero-order valence-corrected chi connectivity index (χ0v) is 11.1. The standard InChI is InChI=1S/C13H28N2O/c1-4-7-9-12(8-5-2)15-11-10-13(16)14-6-3/h12,15H,4-11H2,1-3H3,(H,14,16). The predicted octanol–water partition coefficient (Wildman–Crippen LogP) is 2.46. The Hall–Kier alpha value is -0.570. The molecule has 0 aromatic carbocycles. The number of amides is 1. The van der Waals surface area contributed by atoms with Crippen molar-refractivity contribution in [2.45, 2.75) is 65.3 Å². The Morgan fingerprint density at radius 2 is 1.88 bits per heavy atom. The topological polar surface area (TPSA) is 41.1 Å². The van der Waals surface area contributed by atoms with Crippen molar-refractivity contribution < 1.29 is 4.79 Å². The van der Waals surface area contributed by atoms with E-state index in [-0.39, 0.29) is 5.91 Å². The number of carbonyl (C=O) groups excluding carboxylic acids is 1. The van der Waals surface area contributed by atoms with Gasteiger partial charge in [-0.2, -0.15) is 0 Å². The van der Waals surface area contributed by atoms with Crippen LogP contribution in [0.3, 0.4) is 0 Å². The molecule has 0 aromatic heterocycles. The van der Waals surface area contributed by atoms with Crippen molar-refractivity contribution in [1.29, 1.82) is 0 Å². The molecule has 0 aliphatic carbocycles. The molecule has 1 amide bonds. The van der Waals surface area contributed by atoms with E-state index in [0.29, 0.717) is 12.5 Å². The lowest BCUT2D eigenvalue weighted by molar-refractivity contribution is -0.120. The Kier molecular flexibility index (Phi) is 10.5. The SMILES string of the molecule is CCCCC(CCC)NCCC(=O)NCC. The molecule has 0 aliphatic rings. The number of carbonyl (C=O) groups is 1. The van der Waals surface area contributed by atoms with Crippen LogP contribution in [-0.4, -0.2) is 25.0 Å². The second-order valence-electron chi connectivity index (χ2n) is 4.29. The average molecular weight is 228 g/mol. The summed E-state index contributed by atoms with van der Waals surface area (Å²) >= 11 is 0. The van der Waals surface area contributed by atoms with Crippen LogP contribution in [0.4, 0.5) is 0 Å². The van der Waals surface area contributed by atoms with Crippen LogP contribution in [0.5, 0.6) is 0 Å². The van der Waals surface area contributed by atoms with E-state index >= 15 is 0 Å². The van der Waals surface area contributed by atoms with Gasteiger partial charge in [-0.25, -0.2) is 0 Å². The molecule has 0 heterocycles. The summed E-state index contributed by atoms with van der Waals surface area (Å²) in [6.45, 7) is 7.92. The molecule has 1 atom stereocenters. The summed E-state index contributed by atoms with van der Waals surface area (Å²) in [5.41, 5.74) is 0. The van der Waals surface area contributed by atoms with Crippen molar-refractivity contribution in [3.63, 3.8) is 0 Å². The molecule has 0 bridgehead atoms. The molecule has 0 aliphatic heterocycles. The van der Waals surface area contributed by atoms with Crippen molar-refractivity contribution in [3.8, 4) is 0 Å². The van der Waals surface area contributed by atoms with Gasteiger partial charge in [-0.1, -0.05) is 33.1 Å². The quantitative estimate of drug-likeness (QED) is 0.603. The zero-order chi connectivity index (χ0) is 12.2. The van der Waals surface area contributed by atoms with Crippen LogP contribution < -0.4 is 10.6 Å². The molecule has 0 radical (unpaired) electrons. The number of rotatable bonds is 10. The largest absolute Gasteiger partial charge is 0.356 e. The van der Waals surface area contributed by atoms with E-state index in [9.17, 15) is 4.79 Å². The monoisotopic (exact) mass is 228 g/mol. The van der Waals surface area contributed by atoms with Gasteiger partial charge in [0.25, 0.3) is 0 Å². The van der Waals surface area contributed by atoms with Crippen LogP contribution in [0.1, 0.15) is 59.3 Å². The summed E-state index contributed by atoms with van der Waals surface area (Å²) < 4.78 is 0. The van der Waals surface area contributed by atoms with Gasteiger partial charge in [0.2, 0.25) is 5.91 Å². The highest BCUT2D eigenvalue weighted by Crippen LogP contribution is 2.06. The highest BCUT2D eigenvalue weighted by molar-refractivity contribution is 5.75. The van der Waals surface area contributed by atoms with Crippen LogP contribution in [-0.2, 0) is 4.79 Å². The molecule has 3 nitrogen and oxygen atoms in total. The van der Waals surface area contributed by atoms with Crippen molar-refractivity contribution in [2.75, 3.05) is 13.1 Å². The number of hydrogen-bond donors (Lipinski definition) is 2. The molecule has 16 heavy (non-hydrogen) atoms. The third kappa shape index (κ3) is 8.72. The molecular weight excluding hydrogens is 200 g/mol. The summed E-state index contributed by atoms with van der Waals surface area (Å²) in [5, 5.41) is 6.30. The molecular formula is C13H28N2O. The van der Waals surface area contributed by atoms with Gasteiger partial charge in [-0.3, -0.25) is 4.79 Å². The molecule has 0 fully saturated rings. The maximum absolute atomic E-state index is 11.2. The first-order chi connectivity index (χ1) is 7.74. The summed E-state index contributed by atoms with van der Waals surface area (Å²) in [7, 11) is 0. The fraction of sp³-hybridized carbons (Fsp3) is 0.923. The highest BCUT2D eigenvalue weighted by atomic mass is 16.1. The number of unbranched alkanes of at least 4 members (excludes halogenated alkanes) is 1. The Morgan fingerprint density at radius 1 is 1.12 bits per heavy atom. The Morgan fingerprint density at radius 3 is 2.44 bits per heavy atom. The van der Waals surface area contributed by atoms with Gasteiger partial charge in [-0.05, 0) is 19.8 Å². The fourth-order valence-electron chi connectivity index (χ4n) is 1.82. The Labute approximate surface area is 100 Å². The molecule has 0 rings (SSSR count). The van der Waals surface area contributed by atoms with E-state index in [1.807, 2.05) is 6.92 Å². The molecule has 0 saturated carbocycles. The lowest BCUT2D eigenvalue weighted by Crippen LogP contribution is -2.33. The highest BCUT2D eigenvalue weighted by Gasteiger charge is 2.07. The maximum Gasteiger partial charge on any atom is 0.221 e. The zero-order valence-electron chi connectivity index (χ0n) is 11.1. The van der Waals surface area contributed by atoms with Crippen molar-refractivity contribution >= 4 is 5.91 Å². The van der Waals surface area contributed by atoms with Gasteiger partial charge in [0.1, 0.15) is 0 Å². The molecule has 3 heteroatoms. The van der Waals surface area contributed by atoms with E-state index < -0.39 is 0 Å². The van der Waals surface area contributed by atoms with Crippen LogP contribution in [0, 0.1) is 0 Å². The minimum absolute atomic E-state index is 0.153. The van der Waals surface area contributed by atoms with E-state index in [1.54, 1.807) is 0 Å². The van der Waals surface area contributed by atoms with Crippen LogP contribution in [0.25, 0.3) is 0 Å². The van der Waals surface area contributed by atoms with Gasteiger partial charge in [0.15, 0.2) is 0 Å². The lowest BCUT2D eigenvalue weighted by Gasteiger charge is -2.17. The van der Waals surface area contributed by atoms with Crippen molar-refractivity contribution in [3.05, 3.63) is 0 Å². The number of nitrogens with one attached hydrogen (secondary N) is 2. The first kappa shape index (κ1) is 15.4. The van der Waals surface area contributed by atoms with Crippen molar-refractivity contribution in [1.82, 2.24) is 10.6 Å². The van der Waals surface area contributed by atoms with Crippen molar-refractivity contribution in [2.24, 2.45) is 0 Å². The van der Waals surface area contributed by atoms with Gasteiger partial charge in [0.05, 0.1) is 0 Å². The second-order valence-corrected chi connectivity index (χ2v) is 4.29. The first-order valence-corrected chi connectivity index (χ1v) is 6.74. The Balaban J connectivity index is 3.61. The molecule has 96 valence electrons. The molecule has 0 aromatic rings. The third-order valence-electron chi connectivity index (χ3n) is 2.70. The van der Waals surface area contributed by atoms with E-state index in [1.165, 1.54) is 32.1 Å². The summed E-state index contributed by atoms with van der Waals surface area (Å²) in [5.74, 6) is 0.153. The molecule has 2 N–H and O–H groups in total. The van der Waals surface area contributed by atoms with Gasteiger partial charge in [-0.15, -0.1) is 0 Å². The van der Waals surface area contributed by atoms with Gasteiger partial charge in [0, 0.05) is 25.6 Å². The maximum atomic E-state index is 11.2. The third-order valence-corrected chi connectivity index (χ3v) is 2.70. The van der Waals surface area contributed by atoms with E-state index in [4.69, 9.17) is 0 Å². The second kappa shape index (κ2) is 10.9. The summed E-state index contributed by atoms with van der Waals surface area (Å²) in [4.78, 5) is 11.2. The average Bonchev–Trinajstić information content (AvgIpc) is 2.26. The molecule has 1 unspecified atom stereocenters. The molecule has 0 saturated heterocycles. The minimum atomic E-state index is 0.153.